The predicted octanol–water partition coefficient (Wildman–Crippen LogP) is 2.10. The van der Waals surface area contributed by atoms with Crippen LogP contribution in [0.15, 0.2) is 18.2 Å². The average molecular weight is 309 g/mol. The highest BCUT2D eigenvalue weighted by Crippen LogP contribution is 2.45. The van der Waals surface area contributed by atoms with Gasteiger partial charge in [0.05, 0.1) is 17.8 Å². The summed E-state index contributed by atoms with van der Waals surface area (Å²) in [5.74, 6) is -0.623. The van der Waals surface area contributed by atoms with Crippen molar-refractivity contribution >= 4 is 35.1 Å². The zero-order chi connectivity index (χ0) is 15.2. The quantitative estimate of drug-likeness (QED) is 0.849. The van der Waals surface area contributed by atoms with E-state index in [2.05, 4.69) is 5.32 Å². The molecule has 7 heteroatoms. The Morgan fingerprint density at radius 3 is 2.57 bits per heavy atom. The molecule has 0 aromatic heterocycles. The Kier molecular flexibility index (Phi) is 3.13. The molecule has 1 aromatic rings. The smallest absolute Gasteiger partial charge is 0.335 e. The van der Waals surface area contributed by atoms with E-state index in [9.17, 15) is 14.4 Å². The van der Waals surface area contributed by atoms with Crippen molar-refractivity contribution in [3.63, 3.8) is 0 Å². The van der Waals surface area contributed by atoms with Crippen LogP contribution < -0.4 is 15.0 Å². The van der Waals surface area contributed by atoms with E-state index in [1.807, 2.05) is 0 Å². The lowest BCUT2D eigenvalue weighted by molar-refractivity contribution is -0.148. The lowest BCUT2D eigenvalue weighted by Gasteiger charge is -2.44. The SMILES string of the molecule is COc1cc(N2C(=O)NC(=O)C3(CCC3)C2=O)ccc1Cl. The maximum atomic E-state index is 12.6. The minimum absolute atomic E-state index is 0.331. The first-order chi connectivity index (χ1) is 9.99. The lowest BCUT2D eigenvalue weighted by Crippen LogP contribution is -2.66. The van der Waals surface area contributed by atoms with Crippen molar-refractivity contribution in [1.29, 1.82) is 0 Å². The first kappa shape index (κ1) is 13.9. The fourth-order valence-corrected chi connectivity index (χ4v) is 2.86. The third kappa shape index (κ3) is 1.90. The third-order valence-corrected chi connectivity index (χ3v) is 4.38. The average Bonchev–Trinajstić information content (AvgIpc) is 2.38. The summed E-state index contributed by atoms with van der Waals surface area (Å²) in [5, 5.41) is 2.63. The lowest BCUT2D eigenvalue weighted by atomic mass is 9.66. The van der Waals surface area contributed by atoms with Gasteiger partial charge in [-0.2, -0.15) is 0 Å². The molecule has 2 fully saturated rings. The molecule has 1 N–H and O–H groups in total. The number of amides is 4. The van der Waals surface area contributed by atoms with Crippen molar-refractivity contribution in [2.45, 2.75) is 19.3 Å². The highest BCUT2D eigenvalue weighted by Gasteiger charge is 2.57. The van der Waals surface area contributed by atoms with Gasteiger partial charge in [0.15, 0.2) is 0 Å². The second-order valence-electron chi connectivity index (χ2n) is 5.15. The van der Waals surface area contributed by atoms with Crippen LogP contribution in [0.3, 0.4) is 0 Å². The van der Waals surface area contributed by atoms with E-state index in [0.717, 1.165) is 11.3 Å². The summed E-state index contributed by atoms with van der Waals surface area (Å²) >= 11 is 5.94. The molecular formula is C14H13ClN2O4. The molecule has 1 aliphatic carbocycles. The first-order valence-corrected chi connectivity index (χ1v) is 6.91. The Morgan fingerprint density at radius 1 is 1.29 bits per heavy atom. The summed E-state index contributed by atoms with van der Waals surface area (Å²) in [6.45, 7) is 0. The Balaban J connectivity index is 2.02. The van der Waals surface area contributed by atoms with Crippen molar-refractivity contribution in [2.24, 2.45) is 5.41 Å². The second kappa shape index (κ2) is 4.73. The molecule has 1 aromatic carbocycles. The zero-order valence-electron chi connectivity index (χ0n) is 11.3. The number of nitrogens with zero attached hydrogens (tertiary/aromatic N) is 1. The summed E-state index contributed by atoms with van der Waals surface area (Å²) in [6, 6.07) is 3.85. The van der Waals surface area contributed by atoms with Crippen LogP contribution in [-0.4, -0.2) is 25.0 Å². The highest BCUT2D eigenvalue weighted by atomic mass is 35.5. The number of anilines is 1. The fraction of sp³-hybridized carbons (Fsp3) is 0.357. The van der Waals surface area contributed by atoms with Crippen LogP contribution in [0.25, 0.3) is 0 Å². The maximum Gasteiger partial charge on any atom is 0.335 e. The second-order valence-corrected chi connectivity index (χ2v) is 5.56. The van der Waals surface area contributed by atoms with E-state index in [4.69, 9.17) is 16.3 Å². The van der Waals surface area contributed by atoms with Gasteiger partial charge in [0.2, 0.25) is 5.91 Å². The largest absolute Gasteiger partial charge is 0.495 e. The van der Waals surface area contributed by atoms with Gasteiger partial charge < -0.3 is 4.74 Å². The van der Waals surface area contributed by atoms with Gasteiger partial charge in [0.1, 0.15) is 11.2 Å². The molecule has 1 saturated carbocycles. The summed E-state index contributed by atoms with van der Waals surface area (Å²) in [7, 11) is 1.44. The summed E-state index contributed by atoms with van der Waals surface area (Å²) in [5.41, 5.74) is -0.765. The van der Waals surface area contributed by atoms with E-state index in [-0.39, 0.29) is 0 Å². The number of ether oxygens (including phenoxy) is 1. The van der Waals surface area contributed by atoms with Gasteiger partial charge in [-0.05, 0) is 25.0 Å². The molecule has 1 saturated heterocycles. The number of nitrogens with one attached hydrogen (secondary N) is 1. The number of hydrogen-bond donors (Lipinski definition) is 1. The van der Waals surface area contributed by atoms with Gasteiger partial charge >= 0.3 is 6.03 Å². The minimum atomic E-state index is -1.10. The molecule has 0 bridgehead atoms. The Labute approximate surface area is 126 Å². The molecule has 110 valence electrons. The Morgan fingerprint density at radius 2 is 2.00 bits per heavy atom. The predicted molar refractivity (Wildman–Crippen MR) is 75.3 cm³/mol. The standard InChI is InChI=1S/C14H13ClN2O4/c1-21-10-7-8(3-4-9(10)15)17-12(19)14(5-2-6-14)11(18)16-13(17)20/h3-4,7H,2,5-6H2,1H3,(H,16,18,20). The molecule has 0 atom stereocenters. The molecule has 2 aliphatic rings. The van der Waals surface area contributed by atoms with Gasteiger partial charge in [-0.15, -0.1) is 0 Å². The fourth-order valence-electron chi connectivity index (χ4n) is 2.67. The van der Waals surface area contributed by atoms with Crippen molar-refractivity contribution in [3.05, 3.63) is 23.2 Å². The van der Waals surface area contributed by atoms with Gasteiger partial charge in [0.25, 0.3) is 5.91 Å². The van der Waals surface area contributed by atoms with Crippen molar-refractivity contribution in [1.82, 2.24) is 5.32 Å². The zero-order valence-corrected chi connectivity index (χ0v) is 12.1. The molecule has 1 heterocycles. The number of urea groups is 1. The molecule has 21 heavy (non-hydrogen) atoms. The highest BCUT2D eigenvalue weighted by molar-refractivity contribution is 6.33. The third-order valence-electron chi connectivity index (χ3n) is 4.07. The number of carbonyl (C=O) groups is 3. The normalized spacial score (nSPS) is 20.3. The number of rotatable bonds is 2. The summed E-state index contributed by atoms with van der Waals surface area (Å²) in [6.07, 6.45) is 1.73. The molecule has 0 unspecified atom stereocenters. The van der Waals surface area contributed by atoms with Crippen LogP contribution in [0.1, 0.15) is 19.3 Å². The van der Waals surface area contributed by atoms with E-state index in [0.29, 0.717) is 29.3 Å². The van der Waals surface area contributed by atoms with E-state index in [1.54, 1.807) is 12.1 Å². The van der Waals surface area contributed by atoms with Crippen molar-refractivity contribution < 1.29 is 19.1 Å². The molecule has 1 spiro atoms. The molecule has 3 rings (SSSR count). The number of carbonyl (C=O) groups excluding carboxylic acids is 3. The molecule has 0 radical (unpaired) electrons. The number of halogens is 1. The molecule has 6 nitrogen and oxygen atoms in total. The van der Waals surface area contributed by atoms with E-state index >= 15 is 0 Å². The Bertz CT molecular complexity index is 654. The van der Waals surface area contributed by atoms with Crippen LogP contribution in [0.2, 0.25) is 5.02 Å². The first-order valence-electron chi connectivity index (χ1n) is 6.53. The van der Waals surface area contributed by atoms with Gasteiger partial charge in [-0.1, -0.05) is 18.0 Å². The number of methoxy groups -OCH3 is 1. The Hall–Kier alpha value is -2.08. The van der Waals surface area contributed by atoms with Crippen molar-refractivity contribution in [2.75, 3.05) is 12.0 Å². The van der Waals surface area contributed by atoms with Gasteiger partial charge in [-0.25, -0.2) is 9.69 Å². The molecule has 1 aliphatic heterocycles. The van der Waals surface area contributed by atoms with Crippen LogP contribution >= 0.6 is 11.6 Å². The minimum Gasteiger partial charge on any atom is -0.495 e. The van der Waals surface area contributed by atoms with Gasteiger partial charge in [-0.3, -0.25) is 14.9 Å². The van der Waals surface area contributed by atoms with E-state index < -0.39 is 23.3 Å². The number of barbiturate groups is 1. The monoisotopic (exact) mass is 308 g/mol. The number of benzene rings is 1. The maximum absolute atomic E-state index is 12.6. The van der Waals surface area contributed by atoms with Crippen LogP contribution in [0.5, 0.6) is 5.75 Å². The van der Waals surface area contributed by atoms with Crippen molar-refractivity contribution in [3.8, 4) is 5.75 Å². The topological polar surface area (TPSA) is 75.7 Å². The van der Waals surface area contributed by atoms with Gasteiger partial charge in [0, 0.05) is 6.07 Å². The molecule has 4 amide bonds. The van der Waals surface area contributed by atoms with Crippen LogP contribution in [0.4, 0.5) is 10.5 Å². The molecular weight excluding hydrogens is 296 g/mol. The number of hydrogen-bond acceptors (Lipinski definition) is 4. The number of imide groups is 2. The van der Waals surface area contributed by atoms with E-state index in [1.165, 1.54) is 13.2 Å². The van der Waals surface area contributed by atoms with Crippen LogP contribution in [-0.2, 0) is 9.59 Å². The summed E-state index contributed by atoms with van der Waals surface area (Å²) in [4.78, 5) is 37.6. The van der Waals surface area contributed by atoms with Crippen LogP contribution in [0, 0.1) is 5.41 Å². The summed E-state index contributed by atoms with van der Waals surface area (Å²) < 4.78 is 5.09.